The van der Waals surface area contributed by atoms with E-state index in [9.17, 15) is 9.59 Å². The van der Waals surface area contributed by atoms with Crippen molar-refractivity contribution in [2.75, 3.05) is 37.7 Å². The van der Waals surface area contributed by atoms with Crippen molar-refractivity contribution in [3.05, 3.63) is 23.9 Å². The Labute approximate surface area is 141 Å². The first-order valence-corrected chi connectivity index (χ1v) is 8.12. The first kappa shape index (κ1) is 18.2. The van der Waals surface area contributed by atoms with E-state index < -0.39 is 6.23 Å². The fraction of sp³-hybridized carbons (Fsp3) is 0.562. The van der Waals surface area contributed by atoms with Gasteiger partial charge in [-0.3, -0.25) is 15.3 Å². The zero-order chi connectivity index (χ0) is 17.2. The molecule has 2 rings (SSSR count). The van der Waals surface area contributed by atoms with Crippen LogP contribution < -0.4 is 16.0 Å². The summed E-state index contributed by atoms with van der Waals surface area (Å²) in [6, 6.07) is 3.64. The number of pyridine rings is 1. The van der Waals surface area contributed by atoms with Crippen LogP contribution in [0.2, 0.25) is 0 Å². The van der Waals surface area contributed by atoms with Gasteiger partial charge in [0.05, 0.1) is 18.8 Å². The average Bonchev–Trinajstić information content (AvgIpc) is 2.62. The summed E-state index contributed by atoms with van der Waals surface area (Å²) in [6.07, 6.45) is 3.12. The molecule has 0 aliphatic carbocycles. The highest BCUT2D eigenvalue weighted by Gasteiger charge is 2.13. The summed E-state index contributed by atoms with van der Waals surface area (Å²) in [5, 5.41) is 2.84. The Bertz CT molecular complexity index is 517. The summed E-state index contributed by atoms with van der Waals surface area (Å²) < 4.78 is 9.90. The zero-order valence-corrected chi connectivity index (χ0v) is 13.6. The smallest absolute Gasteiger partial charge is 0.294 e. The van der Waals surface area contributed by atoms with Crippen LogP contribution in [0.15, 0.2) is 18.3 Å². The molecule has 1 unspecified atom stereocenters. The molecule has 0 spiro atoms. The molecule has 1 aromatic rings. The minimum atomic E-state index is -0.574. The molecule has 8 heteroatoms. The Hall–Kier alpha value is -2.19. The van der Waals surface area contributed by atoms with Crippen molar-refractivity contribution in [3.63, 3.8) is 0 Å². The number of ether oxygens (including phenoxy) is 2. The first-order chi connectivity index (χ1) is 11.7. The molecule has 0 radical (unpaired) electrons. The van der Waals surface area contributed by atoms with Crippen LogP contribution in [0.5, 0.6) is 0 Å². The molecule has 132 valence electrons. The number of nitrogens with two attached hydrogens (primary N) is 1. The van der Waals surface area contributed by atoms with Crippen LogP contribution in [0.3, 0.4) is 0 Å². The van der Waals surface area contributed by atoms with Crippen molar-refractivity contribution in [1.82, 2.24) is 10.3 Å². The first-order valence-electron chi connectivity index (χ1n) is 8.12. The van der Waals surface area contributed by atoms with Crippen LogP contribution >= 0.6 is 0 Å². The van der Waals surface area contributed by atoms with E-state index >= 15 is 0 Å². The van der Waals surface area contributed by atoms with E-state index in [0.717, 1.165) is 31.7 Å². The highest BCUT2D eigenvalue weighted by atomic mass is 16.5. The molecule has 1 amide bonds. The number of morpholine rings is 1. The minimum absolute atomic E-state index is 0.149. The summed E-state index contributed by atoms with van der Waals surface area (Å²) in [5.74, 6) is 0.712. The van der Waals surface area contributed by atoms with E-state index in [1.807, 2.05) is 6.07 Å². The maximum Gasteiger partial charge on any atom is 0.294 e. The number of carbonyl (C=O) groups excluding carboxylic acids is 2. The van der Waals surface area contributed by atoms with Gasteiger partial charge in [-0.25, -0.2) is 4.98 Å². The van der Waals surface area contributed by atoms with Gasteiger partial charge in [0, 0.05) is 25.8 Å². The Morgan fingerprint density at radius 3 is 2.88 bits per heavy atom. The van der Waals surface area contributed by atoms with E-state index in [1.54, 1.807) is 12.3 Å². The van der Waals surface area contributed by atoms with Crippen molar-refractivity contribution in [2.24, 2.45) is 5.73 Å². The molecule has 0 aromatic carbocycles. The second-order valence-electron chi connectivity index (χ2n) is 5.53. The summed E-state index contributed by atoms with van der Waals surface area (Å²) in [4.78, 5) is 28.6. The molecule has 8 nitrogen and oxygen atoms in total. The van der Waals surface area contributed by atoms with Gasteiger partial charge >= 0.3 is 0 Å². The largest absolute Gasteiger partial charge is 0.449 e. The van der Waals surface area contributed by atoms with Crippen LogP contribution in [0, 0.1) is 0 Å². The molecular weight excluding hydrogens is 312 g/mol. The van der Waals surface area contributed by atoms with E-state index in [4.69, 9.17) is 10.5 Å². The molecule has 1 atom stereocenters. The number of hydrogen-bond donors (Lipinski definition) is 2. The lowest BCUT2D eigenvalue weighted by Crippen LogP contribution is -2.36. The average molecular weight is 336 g/mol. The number of nitrogens with one attached hydrogen (secondary N) is 1. The number of amides is 1. The van der Waals surface area contributed by atoms with Crippen molar-refractivity contribution in [1.29, 1.82) is 0 Å². The van der Waals surface area contributed by atoms with Crippen LogP contribution in [-0.2, 0) is 14.3 Å². The number of anilines is 1. The lowest BCUT2D eigenvalue weighted by atomic mass is 10.2. The number of rotatable bonds is 9. The van der Waals surface area contributed by atoms with Crippen molar-refractivity contribution in [2.45, 2.75) is 25.5 Å². The number of carbonyl (C=O) groups is 2. The van der Waals surface area contributed by atoms with Gasteiger partial charge in [-0.05, 0) is 31.4 Å². The van der Waals surface area contributed by atoms with Crippen molar-refractivity contribution < 1.29 is 19.1 Å². The van der Waals surface area contributed by atoms with Gasteiger partial charge in [-0.1, -0.05) is 0 Å². The Kier molecular flexibility index (Phi) is 7.44. The molecule has 1 aromatic heterocycles. The van der Waals surface area contributed by atoms with Gasteiger partial charge in [0.15, 0.2) is 6.23 Å². The summed E-state index contributed by atoms with van der Waals surface area (Å²) in [5.41, 5.74) is 6.07. The maximum atomic E-state index is 12.1. The van der Waals surface area contributed by atoms with Gasteiger partial charge < -0.3 is 19.7 Å². The SMILES string of the molecule is NC(CCCCNC(=O)c1ccc(N2CCOCC2)nc1)OC=O. The molecule has 1 aliphatic rings. The van der Waals surface area contributed by atoms with E-state index in [-0.39, 0.29) is 5.91 Å². The lowest BCUT2D eigenvalue weighted by molar-refractivity contribution is -0.133. The molecule has 0 saturated carbocycles. The fourth-order valence-electron chi connectivity index (χ4n) is 2.41. The second-order valence-corrected chi connectivity index (χ2v) is 5.53. The van der Waals surface area contributed by atoms with Crippen LogP contribution in [0.1, 0.15) is 29.6 Å². The molecule has 24 heavy (non-hydrogen) atoms. The predicted molar refractivity (Wildman–Crippen MR) is 88.6 cm³/mol. The summed E-state index contributed by atoms with van der Waals surface area (Å²) >= 11 is 0. The van der Waals surface area contributed by atoms with Gasteiger partial charge in [0.25, 0.3) is 12.4 Å². The zero-order valence-electron chi connectivity index (χ0n) is 13.6. The van der Waals surface area contributed by atoms with Gasteiger partial charge in [-0.15, -0.1) is 0 Å². The quantitative estimate of drug-likeness (QED) is 0.379. The van der Waals surface area contributed by atoms with Crippen LogP contribution in [-0.4, -0.2) is 56.4 Å². The summed E-state index contributed by atoms with van der Waals surface area (Å²) in [7, 11) is 0. The van der Waals surface area contributed by atoms with Gasteiger partial charge in [0.1, 0.15) is 5.82 Å². The third-order valence-corrected chi connectivity index (χ3v) is 3.78. The lowest BCUT2D eigenvalue weighted by Gasteiger charge is -2.27. The Morgan fingerprint density at radius 2 is 2.21 bits per heavy atom. The fourth-order valence-corrected chi connectivity index (χ4v) is 2.41. The molecular formula is C16H24N4O4. The number of unbranched alkanes of at least 4 members (excludes halogenated alkanes) is 1. The van der Waals surface area contributed by atoms with Gasteiger partial charge in [-0.2, -0.15) is 0 Å². The predicted octanol–water partition coefficient (Wildman–Crippen LogP) is 0.276. The normalized spacial score (nSPS) is 15.6. The van der Waals surface area contributed by atoms with E-state index in [2.05, 4.69) is 19.9 Å². The number of aromatic nitrogens is 1. The standard InChI is InChI=1S/C16H24N4O4/c17-14(24-12-21)3-1-2-6-18-16(22)13-4-5-15(19-11-13)20-7-9-23-10-8-20/h4-5,11-12,14H,1-3,6-10,17H2,(H,18,22). The van der Waals surface area contributed by atoms with Gasteiger partial charge in [0.2, 0.25) is 0 Å². The molecule has 3 N–H and O–H groups in total. The maximum absolute atomic E-state index is 12.1. The molecule has 0 bridgehead atoms. The monoisotopic (exact) mass is 336 g/mol. The second kappa shape index (κ2) is 9.84. The van der Waals surface area contributed by atoms with Crippen LogP contribution in [0.25, 0.3) is 0 Å². The minimum Gasteiger partial charge on any atom is -0.449 e. The van der Waals surface area contributed by atoms with Crippen LogP contribution in [0.4, 0.5) is 5.82 Å². The molecule has 1 aliphatic heterocycles. The number of hydrogen-bond acceptors (Lipinski definition) is 7. The van der Waals surface area contributed by atoms with Crippen molar-refractivity contribution in [3.8, 4) is 0 Å². The topological polar surface area (TPSA) is 107 Å². The van der Waals surface area contributed by atoms with Crippen molar-refractivity contribution >= 4 is 18.2 Å². The number of nitrogens with zero attached hydrogens (tertiary/aromatic N) is 2. The third kappa shape index (κ3) is 5.78. The molecule has 1 fully saturated rings. The Balaban J connectivity index is 1.69. The summed E-state index contributed by atoms with van der Waals surface area (Å²) in [6.45, 7) is 3.91. The Morgan fingerprint density at radius 1 is 1.42 bits per heavy atom. The highest BCUT2D eigenvalue weighted by Crippen LogP contribution is 2.13. The molecule has 1 saturated heterocycles. The van der Waals surface area contributed by atoms with E-state index in [0.29, 0.717) is 38.2 Å². The van der Waals surface area contributed by atoms with E-state index in [1.165, 1.54) is 0 Å². The highest BCUT2D eigenvalue weighted by molar-refractivity contribution is 5.94. The third-order valence-electron chi connectivity index (χ3n) is 3.78. The molecule has 2 heterocycles.